The van der Waals surface area contributed by atoms with Crippen LogP contribution < -0.4 is 0 Å². The fourth-order valence-corrected chi connectivity index (χ4v) is 6.08. The third kappa shape index (κ3) is 6.09. The molecule has 1 heterocycles. The van der Waals surface area contributed by atoms with E-state index in [-0.39, 0.29) is 87.5 Å². The van der Waals surface area contributed by atoms with E-state index in [4.69, 9.17) is 4.74 Å². The van der Waals surface area contributed by atoms with E-state index in [1.54, 1.807) is 6.08 Å². The molecule has 0 saturated heterocycles. The second-order valence-corrected chi connectivity index (χ2v) is 9.15. The molecule has 0 amide bonds. The van der Waals surface area contributed by atoms with Crippen molar-refractivity contribution >= 4 is 46.3 Å². The monoisotopic (exact) mass is 520 g/mol. The van der Waals surface area contributed by atoms with Gasteiger partial charge in [-0.05, 0) is 73.2 Å². The molecule has 4 aliphatic rings. The summed E-state index contributed by atoms with van der Waals surface area (Å²) in [6.07, 6.45) is 5.96. The van der Waals surface area contributed by atoms with Gasteiger partial charge in [-0.15, -0.1) is 5.92 Å². The summed E-state index contributed by atoms with van der Waals surface area (Å²) < 4.78 is 6.39. The molecule has 0 spiro atoms. The van der Waals surface area contributed by atoms with E-state index in [2.05, 4.69) is 32.6 Å². The van der Waals surface area contributed by atoms with Crippen molar-refractivity contribution in [3.63, 3.8) is 0 Å². The van der Waals surface area contributed by atoms with E-state index in [0.717, 1.165) is 31.3 Å². The maximum Gasteiger partial charge on any atom is 0.156 e. The molecule has 0 radical (unpaired) electrons. The highest BCUT2D eigenvalue weighted by atomic mass is 32.1. The van der Waals surface area contributed by atoms with Crippen molar-refractivity contribution < 1.29 is 14.6 Å². The first-order chi connectivity index (χ1) is 12.3. The maximum absolute atomic E-state index is 11.9. The van der Waals surface area contributed by atoms with Crippen LogP contribution in [0, 0.1) is 35.0 Å². The summed E-state index contributed by atoms with van der Waals surface area (Å²) in [5, 5.41) is 11.4. The molecule has 2 saturated carbocycles. The Bertz CT molecular complexity index is 777. The number of hydrogen-bond acceptors (Lipinski definition) is 3. The van der Waals surface area contributed by atoms with Gasteiger partial charge < -0.3 is 9.84 Å². The maximum atomic E-state index is 11.9. The zero-order valence-corrected chi connectivity index (χ0v) is 20.9. The molecule has 0 aromatic carbocycles. The molecule has 3 nitrogen and oxygen atoms in total. The van der Waals surface area contributed by atoms with Crippen molar-refractivity contribution in [2.24, 2.45) is 23.2 Å². The molecule has 0 aromatic rings. The first kappa shape index (κ1) is 39.9. The molecule has 3 aliphatic carbocycles. The lowest BCUT2D eigenvalue weighted by molar-refractivity contribution is -0.115. The van der Waals surface area contributed by atoms with Gasteiger partial charge in [0.1, 0.15) is 5.60 Å². The van der Waals surface area contributed by atoms with Crippen LogP contribution in [0.5, 0.6) is 0 Å². The fraction of sp³-hybridized carbons (Fsp3) is 0.741. The number of fused-ring (bicyclic) bond motifs is 4. The van der Waals surface area contributed by atoms with Crippen LogP contribution in [0.1, 0.15) is 89.5 Å². The van der Waals surface area contributed by atoms with E-state index < -0.39 is 5.60 Å². The van der Waals surface area contributed by atoms with Crippen LogP contribution in [0.3, 0.4) is 0 Å². The highest BCUT2D eigenvalue weighted by molar-refractivity contribution is 7.59. The van der Waals surface area contributed by atoms with Crippen molar-refractivity contribution in [3.05, 3.63) is 22.8 Å². The molecule has 1 aliphatic heterocycles. The van der Waals surface area contributed by atoms with Gasteiger partial charge in [0.25, 0.3) is 0 Å². The summed E-state index contributed by atoms with van der Waals surface area (Å²) in [5.74, 6) is 7.49. The molecule has 6 heteroatoms. The second-order valence-electron chi connectivity index (χ2n) is 9.15. The Morgan fingerprint density at radius 1 is 1.12 bits per heavy atom. The highest BCUT2D eigenvalue weighted by Crippen LogP contribution is 2.63. The average Bonchev–Trinajstić information content (AvgIpc) is 2.85. The van der Waals surface area contributed by atoms with E-state index >= 15 is 0 Å². The predicted octanol–water partition coefficient (Wildman–Crippen LogP) is 6.70. The first-order valence-electron chi connectivity index (χ1n) is 10.1. The molecule has 0 aromatic heterocycles. The van der Waals surface area contributed by atoms with Crippen LogP contribution in [0.4, 0.5) is 0 Å². The number of aliphatic hydroxyl groups is 1. The zero-order valence-electron chi connectivity index (χ0n) is 17.9. The number of carbonyl (C=O) groups excluding carboxylic acids is 1. The van der Waals surface area contributed by atoms with Crippen molar-refractivity contribution in [1.29, 1.82) is 0 Å². The number of allylic oxidation sites excluding steroid dienone is 1. The summed E-state index contributed by atoms with van der Waals surface area (Å²) in [7, 11) is 0. The van der Waals surface area contributed by atoms with Crippen LogP contribution >= 0.6 is 40.5 Å². The van der Waals surface area contributed by atoms with E-state index in [0.29, 0.717) is 30.8 Å². The minimum atomic E-state index is -0.919. The Labute approximate surface area is 225 Å². The van der Waals surface area contributed by atoms with Gasteiger partial charge in [0.2, 0.25) is 0 Å². The Hall–Kier alpha value is -0.320. The van der Waals surface area contributed by atoms with Gasteiger partial charge in [-0.3, -0.25) is 4.79 Å². The van der Waals surface area contributed by atoms with Gasteiger partial charge in [0.05, 0.1) is 12.7 Å². The third-order valence-electron chi connectivity index (χ3n) is 7.54. The SMILES string of the molecule is C.C.C.C.CC#C[C@]1(O)CC[C@H]2[C@@H]3OCC4=CC(=O)CCC4=C3C(C(C)C)C[C@@]21C.S.S.S. The number of ether oxygens (including phenoxy) is 1. The van der Waals surface area contributed by atoms with Crippen molar-refractivity contribution in [1.82, 2.24) is 0 Å². The van der Waals surface area contributed by atoms with Crippen LogP contribution in [0.25, 0.3) is 0 Å². The third-order valence-corrected chi connectivity index (χ3v) is 7.54. The Balaban J connectivity index is -0.000000601. The van der Waals surface area contributed by atoms with Crippen molar-refractivity contribution in [3.8, 4) is 11.8 Å². The summed E-state index contributed by atoms with van der Waals surface area (Å²) in [6.45, 7) is 9.11. The smallest absolute Gasteiger partial charge is 0.156 e. The summed E-state index contributed by atoms with van der Waals surface area (Å²) in [6, 6.07) is 0. The van der Waals surface area contributed by atoms with E-state index in [1.165, 1.54) is 11.1 Å². The zero-order chi connectivity index (χ0) is 18.7. The van der Waals surface area contributed by atoms with Gasteiger partial charge in [-0.2, -0.15) is 40.5 Å². The minimum Gasteiger partial charge on any atom is -0.377 e. The lowest BCUT2D eigenvalue weighted by Crippen LogP contribution is -2.55. The van der Waals surface area contributed by atoms with E-state index in [1.807, 2.05) is 6.92 Å². The van der Waals surface area contributed by atoms with Crippen LogP contribution in [0.15, 0.2) is 22.8 Å². The van der Waals surface area contributed by atoms with Crippen LogP contribution in [-0.4, -0.2) is 29.2 Å². The first-order valence-corrected chi connectivity index (χ1v) is 10.1. The Morgan fingerprint density at radius 2 is 1.73 bits per heavy atom. The molecule has 4 rings (SSSR count). The summed E-state index contributed by atoms with van der Waals surface area (Å²) >= 11 is 0. The molecule has 1 unspecified atom stereocenters. The molecule has 0 bridgehead atoms. The summed E-state index contributed by atoms with van der Waals surface area (Å²) in [5.41, 5.74) is 2.76. The quantitative estimate of drug-likeness (QED) is 0.391. The fourth-order valence-electron chi connectivity index (χ4n) is 6.08. The highest BCUT2D eigenvalue weighted by Gasteiger charge is 2.63. The lowest BCUT2D eigenvalue weighted by atomic mass is 9.55. The standard InChI is InChI=1S/C23H30O3.4CH4.3H2S/c1-5-9-23(25)10-8-19-21-20(18(14(2)3)12-22(19,23)4)17-7-6-16(24)11-15(17)13-26-21;;;;;;;/h11,14,18-19,21,25H,6-8,10,12-13H2,1-4H3;4*1H4;3*1H2/t18?,19-,21-,22-,23-;;;;;;;/m0......./s1. The molecule has 196 valence electrons. The van der Waals surface area contributed by atoms with Gasteiger partial charge in [0.15, 0.2) is 5.78 Å². The molecular weight excluding hydrogens is 468 g/mol. The van der Waals surface area contributed by atoms with E-state index in [9.17, 15) is 9.90 Å². The van der Waals surface area contributed by atoms with Crippen LogP contribution in [0.2, 0.25) is 0 Å². The minimum absolute atomic E-state index is 0. The van der Waals surface area contributed by atoms with Crippen molar-refractivity contribution in [2.45, 2.75) is 101 Å². The van der Waals surface area contributed by atoms with Crippen LogP contribution in [-0.2, 0) is 9.53 Å². The topological polar surface area (TPSA) is 46.5 Å². The van der Waals surface area contributed by atoms with Crippen molar-refractivity contribution in [2.75, 3.05) is 6.61 Å². The normalized spacial score (nSPS) is 33.0. The number of rotatable bonds is 1. The predicted molar refractivity (Wildman–Crippen MR) is 159 cm³/mol. The number of ketones is 1. The summed E-state index contributed by atoms with van der Waals surface area (Å²) in [4.78, 5) is 11.9. The molecular formula is C27H52O3S3. The van der Waals surface area contributed by atoms with Gasteiger partial charge in [-0.25, -0.2) is 0 Å². The van der Waals surface area contributed by atoms with Gasteiger partial charge >= 0.3 is 0 Å². The molecule has 5 atom stereocenters. The Kier molecular flexibility index (Phi) is 17.3. The lowest BCUT2D eigenvalue weighted by Gasteiger charge is -2.54. The van der Waals surface area contributed by atoms with Gasteiger partial charge in [0, 0.05) is 11.8 Å². The Morgan fingerprint density at radius 3 is 2.27 bits per heavy atom. The van der Waals surface area contributed by atoms with Gasteiger partial charge in [-0.1, -0.05) is 56.4 Å². The molecule has 33 heavy (non-hydrogen) atoms. The second kappa shape index (κ2) is 14.3. The number of carbonyl (C=O) groups is 1. The average molecular weight is 521 g/mol. The number of hydrogen-bond donors (Lipinski definition) is 1. The molecule has 2 fully saturated rings. The largest absolute Gasteiger partial charge is 0.377 e. The molecule has 1 N–H and O–H groups in total.